The number of halogens is 2. The number of amides is 1. The highest BCUT2D eigenvalue weighted by Gasteiger charge is 2.15. The molecule has 1 amide bonds. The molecule has 2 rings (SSSR count). The molecule has 2 aromatic carbocycles. The Morgan fingerprint density at radius 2 is 1.96 bits per heavy atom. The molecule has 122 valence electrons. The van der Waals surface area contributed by atoms with E-state index < -0.39 is 5.82 Å². The van der Waals surface area contributed by atoms with E-state index >= 15 is 0 Å². The molecule has 0 aliphatic carbocycles. The molecule has 0 saturated carbocycles. The van der Waals surface area contributed by atoms with Crippen LogP contribution in [0, 0.1) is 5.82 Å². The Hall–Kier alpha value is -1.88. The molecular weight excluding hydrogens is 361 g/mol. The topological polar surface area (TPSA) is 38.3 Å². The van der Waals surface area contributed by atoms with Crippen LogP contribution in [0.3, 0.4) is 0 Å². The Balaban J connectivity index is 1.94. The smallest absolute Gasteiger partial charge is 0.255 e. The van der Waals surface area contributed by atoms with Crippen LogP contribution in [0.2, 0.25) is 0 Å². The molecule has 0 saturated heterocycles. The van der Waals surface area contributed by atoms with Crippen LogP contribution in [-0.4, -0.2) is 19.1 Å². The second-order valence-electron chi connectivity index (χ2n) is 5.38. The Kier molecular flexibility index (Phi) is 6.16. The van der Waals surface area contributed by atoms with Crippen molar-refractivity contribution in [1.29, 1.82) is 0 Å². The number of hydrogen-bond donors (Lipinski definition) is 1. The van der Waals surface area contributed by atoms with Gasteiger partial charge >= 0.3 is 0 Å². The maximum Gasteiger partial charge on any atom is 0.255 e. The first kappa shape index (κ1) is 17.5. The molecule has 0 radical (unpaired) electrons. The van der Waals surface area contributed by atoms with Crippen molar-refractivity contribution >= 4 is 21.8 Å². The van der Waals surface area contributed by atoms with Crippen molar-refractivity contribution < 1.29 is 13.9 Å². The maximum atomic E-state index is 13.3. The Bertz CT molecular complexity index is 673. The maximum absolute atomic E-state index is 13.3. The normalized spacial score (nSPS) is 11.8. The molecule has 0 aliphatic heterocycles. The fourth-order valence-corrected chi connectivity index (χ4v) is 2.53. The highest BCUT2D eigenvalue weighted by molar-refractivity contribution is 9.10. The van der Waals surface area contributed by atoms with E-state index in [1.165, 1.54) is 30.9 Å². The Morgan fingerprint density at radius 3 is 2.61 bits per heavy atom. The molecule has 1 N–H and O–H groups in total. The second-order valence-corrected chi connectivity index (χ2v) is 6.30. The molecule has 0 spiro atoms. The average Bonchev–Trinajstić information content (AvgIpc) is 2.54. The van der Waals surface area contributed by atoms with Crippen molar-refractivity contribution in [1.82, 2.24) is 5.32 Å². The monoisotopic (exact) mass is 379 g/mol. The molecule has 0 bridgehead atoms. The number of rotatable bonds is 6. The molecule has 0 aromatic heterocycles. The van der Waals surface area contributed by atoms with Crippen molar-refractivity contribution in [2.24, 2.45) is 0 Å². The van der Waals surface area contributed by atoms with Crippen LogP contribution in [-0.2, 0) is 6.42 Å². The largest absolute Gasteiger partial charge is 0.496 e. The van der Waals surface area contributed by atoms with Gasteiger partial charge in [-0.15, -0.1) is 0 Å². The van der Waals surface area contributed by atoms with Gasteiger partial charge in [-0.3, -0.25) is 4.79 Å². The zero-order chi connectivity index (χ0) is 16.8. The lowest BCUT2D eigenvalue weighted by molar-refractivity contribution is 0.0935. The van der Waals surface area contributed by atoms with Gasteiger partial charge in [-0.25, -0.2) is 4.39 Å². The third kappa shape index (κ3) is 5.06. The first-order valence-electron chi connectivity index (χ1n) is 7.38. The number of methoxy groups -OCH3 is 1. The van der Waals surface area contributed by atoms with Crippen molar-refractivity contribution in [3.05, 3.63) is 63.9 Å². The van der Waals surface area contributed by atoms with Crippen LogP contribution >= 0.6 is 15.9 Å². The van der Waals surface area contributed by atoms with Crippen LogP contribution < -0.4 is 10.1 Å². The van der Waals surface area contributed by atoms with Crippen molar-refractivity contribution in [3.8, 4) is 5.75 Å². The van der Waals surface area contributed by atoms with Gasteiger partial charge < -0.3 is 10.1 Å². The summed E-state index contributed by atoms with van der Waals surface area (Å²) in [6, 6.07) is 12.0. The van der Waals surface area contributed by atoms with Gasteiger partial charge in [0.1, 0.15) is 11.6 Å². The molecule has 0 aliphatic rings. The number of benzene rings is 2. The number of ether oxygens (including phenoxy) is 1. The number of nitrogens with one attached hydrogen (secondary N) is 1. The lowest BCUT2D eigenvalue weighted by atomic mass is 10.1. The van der Waals surface area contributed by atoms with E-state index in [9.17, 15) is 9.18 Å². The number of hydrogen-bond acceptors (Lipinski definition) is 2. The zero-order valence-electron chi connectivity index (χ0n) is 13.1. The summed E-state index contributed by atoms with van der Waals surface area (Å²) in [4.78, 5) is 12.3. The molecule has 0 heterocycles. The van der Waals surface area contributed by atoms with Gasteiger partial charge in [0.2, 0.25) is 0 Å². The summed E-state index contributed by atoms with van der Waals surface area (Å²) in [7, 11) is 1.46. The van der Waals surface area contributed by atoms with Crippen molar-refractivity contribution in [2.45, 2.75) is 25.8 Å². The third-order valence-electron chi connectivity index (χ3n) is 3.56. The van der Waals surface area contributed by atoms with Crippen molar-refractivity contribution in [3.63, 3.8) is 0 Å². The summed E-state index contributed by atoms with van der Waals surface area (Å²) in [6.07, 6.45) is 1.65. The summed E-state index contributed by atoms with van der Waals surface area (Å²) < 4.78 is 19.5. The minimum Gasteiger partial charge on any atom is -0.496 e. The van der Waals surface area contributed by atoms with Gasteiger partial charge in [-0.2, -0.15) is 0 Å². The predicted octanol–water partition coefficient (Wildman–Crippen LogP) is 4.35. The van der Waals surface area contributed by atoms with E-state index in [1.807, 2.05) is 31.2 Å². The van der Waals surface area contributed by atoms with E-state index in [4.69, 9.17) is 4.74 Å². The molecule has 1 atom stereocenters. The predicted molar refractivity (Wildman–Crippen MR) is 92.3 cm³/mol. The first-order valence-corrected chi connectivity index (χ1v) is 8.17. The second kappa shape index (κ2) is 8.11. The molecule has 1 unspecified atom stereocenters. The van der Waals surface area contributed by atoms with E-state index in [-0.39, 0.29) is 17.5 Å². The molecule has 23 heavy (non-hydrogen) atoms. The van der Waals surface area contributed by atoms with Gasteiger partial charge in [-0.1, -0.05) is 28.1 Å². The Labute approximate surface area is 144 Å². The average molecular weight is 380 g/mol. The molecule has 3 nitrogen and oxygen atoms in total. The van der Waals surface area contributed by atoms with Crippen LogP contribution in [0.25, 0.3) is 0 Å². The fourth-order valence-electron chi connectivity index (χ4n) is 2.27. The summed E-state index contributed by atoms with van der Waals surface area (Å²) in [5.74, 6) is -0.424. The number of carbonyl (C=O) groups is 1. The van der Waals surface area contributed by atoms with E-state index in [0.29, 0.717) is 5.75 Å². The minimum absolute atomic E-state index is 0.0286. The lowest BCUT2D eigenvalue weighted by Crippen LogP contribution is -2.33. The van der Waals surface area contributed by atoms with Crippen molar-refractivity contribution in [2.75, 3.05) is 7.11 Å². The first-order chi connectivity index (χ1) is 11.0. The zero-order valence-corrected chi connectivity index (χ0v) is 14.7. The lowest BCUT2D eigenvalue weighted by Gasteiger charge is -2.15. The van der Waals surface area contributed by atoms with Gasteiger partial charge in [0.05, 0.1) is 12.7 Å². The quantitative estimate of drug-likeness (QED) is 0.809. The number of carbonyl (C=O) groups excluding carboxylic acids is 1. The molecule has 5 heteroatoms. The van der Waals surface area contributed by atoms with Crippen LogP contribution in [0.1, 0.15) is 29.3 Å². The number of aryl methyl sites for hydroxylation is 1. The standard InChI is InChI=1S/C18H19BrFNO2/c1-12(3-4-13-5-7-14(19)8-6-13)21-18(22)16-11-15(20)9-10-17(16)23-2/h5-12H,3-4H2,1-2H3,(H,21,22). The van der Waals surface area contributed by atoms with Crippen LogP contribution in [0.15, 0.2) is 46.9 Å². The Morgan fingerprint density at radius 1 is 1.26 bits per heavy atom. The highest BCUT2D eigenvalue weighted by atomic mass is 79.9. The summed E-state index contributed by atoms with van der Waals surface area (Å²) >= 11 is 3.40. The summed E-state index contributed by atoms with van der Waals surface area (Å²) in [5, 5.41) is 2.88. The van der Waals surface area contributed by atoms with E-state index in [2.05, 4.69) is 21.2 Å². The molecule has 2 aromatic rings. The van der Waals surface area contributed by atoms with E-state index in [0.717, 1.165) is 17.3 Å². The van der Waals surface area contributed by atoms with Gasteiger partial charge in [-0.05, 0) is 55.7 Å². The van der Waals surface area contributed by atoms with E-state index in [1.54, 1.807) is 0 Å². The van der Waals surface area contributed by atoms with Gasteiger partial charge in [0.25, 0.3) is 5.91 Å². The molecule has 0 fully saturated rings. The summed E-state index contributed by atoms with van der Waals surface area (Å²) in [5.41, 5.74) is 1.42. The minimum atomic E-state index is -0.460. The van der Waals surface area contributed by atoms with Crippen LogP contribution in [0.5, 0.6) is 5.75 Å². The SMILES string of the molecule is COc1ccc(F)cc1C(=O)NC(C)CCc1ccc(Br)cc1. The van der Waals surface area contributed by atoms with Gasteiger partial charge in [0.15, 0.2) is 0 Å². The summed E-state index contributed by atoms with van der Waals surface area (Å²) in [6.45, 7) is 1.93. The third-order valence-corrected chi connectivity index (χ3v) is 4.09. The fraction of sp³-hybridized carbons (Fsp3) is 0.278. The molecular formula is C18H19BrFNO2. The highest BCUT2D eigenvalue weighted by Crippen LogP contribution is 2.19. The van der Waals surface area contributed by atoms with Crippen LogP contribution in [0.4, 0.5) is 4.39 Å². The van der Waals surface area contributed by atoms with Gasteiger partial charge in [0, 0.05) is 10.5 Å².